The molecular weight excluding hydrogens is 922 g/mol. The van der Waals surface area contributed by atoms with Gasteiger partial charge in [-0.05, 0) is 97.9 Å². The Morgan fingerprint density at radius 2 is 1.65 bits per heavy atom. The van der Waals surface area contributed by atoms with Crippen molar-refractivity contribution in [3.8, 4) is 5.75 Å². The summed E-state index contributed by atoms with van der Waals surface area (Å²) >= 11 is -1.87. The number of benzene rings is 3. The van der Waals surface area contributed by atoms with Crippen molar-refractivity contribution in [2.45, 2.75) is 88.9 Å². The molecule has 2 aliphatic rings. The summed E-state index contributed by atoms with van der Waals surface area (Å²) in [6.07, 6.45) is 12.7. The second-order valence-corrected chi connectivity index (χ2v) is 20.0. The third-order valence-corrected chi connectivity index (χ3v) is 13.5. The van der Waals surface area contributed by atoms with Crippen LogP contribution in [0.15, 0.2) is 95.6 Å². The summed E-state index contributed by atoms with van der Waals surface area (Å²) in [7, 11) is -8.78. The molecule has 0 amide bonds. The molecule has 0 saturated carbocycles. The van der Waals surface area contributed by atoms with Crippen molar-refractivity contribution >= 4 is 66.3 Å². The van der Waals surface area contributed by atoms with Crippen molar-refractivity contribution in [2.75, 3.05) is 29.5 Å². The van der Waals surface area contributed by atoms with E-state index in [1.54, 1.807) is 18.2 Å². The number of nitrogens with zero attached hydrogens (tertiary/aromatic N) is 2. The molecule has 3 aromatic rings. The second kappa shape index (κ2) is 25.6. The van der Waals surface area contributed by atoms with E-state index in [4.69, 9.17) is 8.74 Å². The summed E-state index contributed by atoms with van der Waals surface area (Å²) in [4.78, 5) is 1.56. The Morgan fingerprint density at radius 1 is 0.937 bits per heavy atom. The van der Waals surface area contributed by atoms with Gasteiger partial charge in [0.05, 0.1) is 10.3 Å². The van der Waals surface area contributed by atoms with Crippen molar-refractivity contribution in [3.63, 3.8) is 0 Å². The Hall–Kier alpha value is -0.690. The molecule has 1 unspecified atom stereocenters. The summed E-state index contributed by atoms with van der Waals surface area (Å²) in [6, 6.07) is 17.5. The molecule has 3 aromatic carbocycles. The van der Waals surface area contributed by atoms with E-state index in [0.29, 0.717) is 30.0 Å². The molecule has 63 heavy (non-hydrogen) atoms. The number of hydrogen-bond donors (Lipinski definition) is 0. The van der Waals surface area contributed by atoms with Gasteiger partial charge in [0.2, 0.25) is 5.69 Å². The second-order valence-electron chi connectivity index (χ2n) is 15.6. The van der Waals surface area contributed by atoms with Crippen LogP contribution in [0.25, 0.3) is 5.57 Å². The normalized spacial score (nSPS) is 16.6. The van der Waals surface area contributed by atoms with Crippen LogP contribution in [0.3, 0.4) is 0 Å². The molecule has 0 aliphatic carbocycles. The van der Waals surface area contributed by atoms with Crippen molar-refractivity contribution in [2.24, 2.45) is 0 Å². The van der Waals surface area contributed by atoms with Crippen LogP contribution in [0.2, 0.25) is 0 Å². The topological polar surface area (TPSA) is 211 Å². The van der Waals surface area contributed by atoms with Crippen molar-refractivity contribution < 1.29 is 147 Å². The molecule has 2 N–H and O–H groups in total. The van der Waals surface area contributed by atoms with Gasteiger partial charge >= 0.3 is 98.8 Å². The molecule has 2 aliphatic heterocycles. The molecule has 326 valence electrons. The van der Waals surface area contributed by atoms with E-state index < -0.39 is 42.4 Å². The van der Waals surface area contributed by atoms with Crippen LogP contribution in [0.1, 0.15) is 89.0 Å². The third-order valence-electron chi connectivity index (χ3n) is 10.9. The van der Waals surface area contributed by atoms with Gasteiger partial charge < -0.3 is 28.0 Å². The van der Waals surface area contributed by atoms with Gasteiger partial charge in [-0.3, -0.25) is 5.04 Å². The standard InChI is InChI=1S/C42H52N2O12S4.3Na/c1-6-7-8-13-30-14-9-10-15-34(30)31(16-22-39-41(2,3)35-28-32(54-58(46)47)18-20-37(35)43(39)24-11-26-57-56-55-45)17-23-40-42(4,5)36-29-33(60(51,52)53)19-21-38(36)44(40)25-12-27-59(48,49)50;;;/h9-10,14-23,28-29H,6-8,11-13,24-27H2,1-5H3,(H3-,45,46,47,48,49,50,51,52,53);;;/q;3*+1/p-1. The van der Waals surface area contributed by atoms with Crippen LogP contribution < -0.4 is 103 Å². The molecular formula is C42H51N2Na3O12S4+2. The first-order valence-corrected chi connectivity index (χ1v) is 24.5. The van der Waals surface area contributed by atoms with Gasteiger partial charge in [0, 0.05) is 65.3 Å². The maximum absolute atomic E-state index is 12.1. The van der Waals surface area contributed by atoms with E-state index in [2.05, 4.69) is 33.0 Å². The van der Waals surface area contributed by atoms with Crippen molar-refractivity contribution in [1.82, 2.24) is 0 Å². The predicted molar refractivity (Wildman–Crippen MR) is 230 cm³/mol. The van der Waals surface area contributed by atoms with Crippen LogP contribution in [0, 0.1) is 0 Å². The van der Waals surface area contributed by atoms with Gasteiger partial charge in [0.1, 0.15) is 39.5 Å². The quantitative estimate of drug-likeness (QED) is 0.00992. The van der Waals surface area contributed by atoms with Crippen molar-refractivity contribution in [3.05, 3.63) is 113 Å². The number of rotatable bonds is 21. The van der Waals surface area contributed by atoms with Gasteiger partial charge in [-0.2, -0.15) is 17.3 Å². The molecule has 0 aromatic heterocycles. The van der Waals surface area contributed by atoms with Crippen LogP contribution in [0.4, 0.5) is 11.4 Å². The van der Waals surface area contributed by atoms with E-state index in [9.17, 15) is 35.4 Å². The average Bonchev–Trinajstić information content (AvgIpc) is 3.51. The Kier molecular flexibility index (Phi) is 23.8. The smallest absolute Gasteiger partial charge is 0.744 e. The number of fused-ring (bicyclic) bond motifs is 2. The Morgan fingerprint density at radius 3 is 2.30 bits per heavy atom. The summed E-state index contributed by atoms with van der Waals surface area (Å²) in [5.41, 5.74) is 6.09. The molecule has 0 bridgehead atoms. The molecule has 0 saturated heterocycles. The van der Waals surface area contributed by atoms with Crippen LogP contribution in [-0.2, 0) is 58.2 Å². The van der Waals surface area contributed by atoms with Crippen molar-refractivity contribution in [1.29, 1.82) is 0 Å². The fraction of sp³-hybridized carbons (Fsp3) is 0.405. The minimum atomic E-state index is -4.77. The first kappa shape index (κ1) is 58.4. The summed E-state index contributed by atoms with van der Waals surface area (Å²) < 4.78 is 102. The molecule has 0 fully saturated rings. The van der Waals surface area contributed by atoms with E-state index in [0.717, 1.165) is 77.1 Å². The van der Waals surface area contributed by atoms with E-state index in [-0.39, 0.29) is 118 Å². The Labute approximate surface area is 444 Å². The van der Waals surface area contributed by atoms with E-state index in [1.807, 2.05) is 75.1 Å². The number of aryl methyl sites for hydroxylation is 1. The fourth-order valence-corrected chi connectivity index (χ4v) is 9.60. The molecule has 5 rings (SSSR count). The monoisotopic (exact) mass is 972 g/mol. The predicted octanol–water partition coefficient (Wildman–Crippen LogP) is -3.09. The fourth-order valence-electron chi connectivity index (χ4n) is 7.98. The minimum Gasteiger partial charge on any atom is -0.744 e. The Bertz CT molecular complexity index is 2440. The van der Waals surface area contributed by atoms with Gasteiger partial charge in [0.15, 0.2) is 5.71 Å². The van der Waals surface area contributed by atoms with Crippen LogP contribution >= 0.6 is 12.0 Å². The SMILES string of the molecule is CCCCCc1ccccc1C(C=CC1=[N+](CCCSOO[O-])c2ccc(OS(=O)[O-])cc2C1(C)C)=CC=C1N(CCCS(=O)(=O)[OH2+])c2ccc(S(=O)(=O)[O-])cc2C1(C)C.[Na+].[Na+].[Na+]. The zero-order chi connectivity index (χ0) is 43.9. The first-order valence-electron chi connectivity index (χ1n) is 19.5. The number of allylic oxidation sites excluding steroid dienone is 6. The zero-order valence-electron chi connectivity index (χ0n) is 37.2. The number of unbranched alkanes of at least 4 members (excludes halogenated alkanes) is 2. The molecule has 14 nitrogen and oxygen atoms in total. The first-order chi connectivity index (χ1) is 28.3. The third kappa shape index (κ3) is 15.2. The molecule has 1 atom stereocenters. The van der Waals surface area contributed by atoms with E-state index in [1.165, 1.54) is 12.1 Å². The molecule has 0 spiro atoms. The molecule has 0 radical (unpaired) electrons. The summed E-state index contributed by atoms with van der Waals surface area (Å²) in [5.74, 6) is 0.258. The Balaban J connectivity index is 0.00000455. The number of hydrogen-bond acceptors (Lipinski definition) is 13. The van der Waals surface area contributed by atoms with Gasteiger partial charge in [-0.25, -0.2) is 12.6 Å². The van der Waals surface area contributed by atoms with Gasteiger partial charge in [0.25, 0.3) is 0 Å². The zero-order valence-corrected chi connectivity index (χ0v) is 46.4. The largest absolute Gasteiger partial charge is 1.00 e. The maximum Gasteiger partial charge on any atom is 1.00 e. The maximum atomic E-state index is 12.1. The summed E-state index contributed by atoms with van der Waals surface area (Å²) in [5, 5.41) is 13.9. The van der Waals surface area contributed by atoms with Gasteiger partial charge in [-0.15, -0.1) is 0 Å². The number of anilines is 1. The van der Waals surface area contributed by atoms with Crippen LogP contribution in [0.5, 0.6) is 5.75 Å². The van der Waals surface area contributed by atoms with Crippen LogP contribution in [-0.4, -0.2) is 69.6 Å². The molecule has 2 heterocycles. The average molecular weight is 973 g/mol. The minimum absolute atomic E-state index is 0. The van der Waals surface area contributed by atoms with Gasteiger partial charge in [-0.1, -0.05) is 64.0 Å². The van der Waals surface area contributed by atoms with E-state index >= 15 is 0 Å². The summed E-state index contributed by atoms with van der Waals surface area (Å²) in [6.45, 7) is 10.8. The molecule has 21 heteroatoms.